The van der Waals surface area contributed by atoms with Gasteiger partial charge in [0.2, 0.25) is 0 Å². The normalized spacial score (nSPS) is 13.4. The minimum atomic E-state index is -3.90. The van der Waals surface area contributed by atoms with Gasteiger partial charge in [0.25, 0.3) is 0 Å². The minimum Gasteiger partial charge on any atom is -0.495 e. The van der Waals surface area contributed by atoms with Crippen molar-refractivity contribution in [3.05, 3.63) is 78.0 Å². The lowest BCUT2D eigenvalue weighted by Gasteiger charge is -2.22. The number of methoxy groups -OCH3 is 2. The van der Waals surface area contributed by atoms with E-state index >= 15 is 0 Å². The van der Waals surface area contributed by atoms with Gasteiger partial charge in [0, 0.05) is 13.3 Å². The zero-order valence-electron chi connectivity index (χ0n) is 20.2. The summed E-state index contributed by atoms with van der Waals surface area (Å²) in [5.41, 5.74) is 1.95. The Labute approximate surface area is 208 Å². The van der Waals surface area contributed by atoms with Gasteiger partial charge in [-0.2, -0.15) is 0 Å². The lowest BCUT2D eigenvalue weighted by atomic mass is 10.1. The third kappa shape index (κ3) is 4.95. The second-order valence-electron chi connectivity index (χ2n) is 8.04. The Kier molecular flexibility index (Phi) is 7.36. The standard InChI is InChI=1S/C24H25FN6O4S/c1-15-8-7-10-19(34-3)21(15)31-20(29-30-24(31)18-9-5-6-11-26-18)14-36(32,33)16(2)22(35-4)23-27-12-17(25)13-28-23/h5-13,16,22H,14H2,1-4H3/t16-,22-/m1/s1. The molecular weight excluding hydrogens is 487 g/mol. The van der Waals surface area contributed by atoms with Crippen molar-refractivity contribution in [1.82, 2.24) is 29.7 Å². The molecule has 0 aliphatic carbocycles. The van der Waals surface area contributed by atoms with Gasteiger partial charge in [-0.1, -0.05) is 18.2 Å². The first kappa shape index (κ1) is 25.3. The van der Waals surface area contributed by atoms with E-state index in [4.69, 9.17) is 9.47 Å². The summed E-state index contributed by atoms with van der Waals surface area (Å²) >= 11 is 0. The lowest BCUT2D eigenvalue weighted by Crippen LogP contribution is -2.30. The van der Waals surface area contributed by atoms with Crippen LogP contribution in [0, 0.1) is 12.7 Å². The highest BCUT2D eigenvalue weighted by Gasteiger charge is 2.35. The topological polar surface area (TPSA) is 122 Å². The fourth-order valence-electron chi connectivity index (χ4n) is 3.87. The number of aryl methyl sites for hydroxylation is 1. The maximum Gasteiger partial charge on any atom is 0.187 e. The van der Waals surface area contributed by atoms with Gasteiger partial charge in [0.15, 0.2) is 33.1 Å². The molecule has 3 aromatic heterocycles. The summed E-state index contributed by atoms with van der Waals surface area (Å²) in [6.07, 6.45) is 2.53. The first-order valence-corrected chi connectivity index (χ1v) is 12.7. The molecule has 36 heavy (non-hydrogen) atoms. The first-order chi connectivity index (χ1) is 17.3. The molecule has 0 fully saturated rings. The SMILES string of the molecule is COc1cccc(C)c1-n1c(CS(=O)(=O)[C@H](C)[C@@H](OC)c2ncc(F)cn2)nnc1-c1ccccn1. The predicted molar refractivity (Wildman–Crippen MR) is 130 cm³/mol. The number of sulfone groups is 1. The Morgan fingerprint density at radius 3 is 2.42 bits per heavy atom. The van der Waals surface area contributed by atoms with Crippen LogP contribution >= 0.6 is 0 Å². The summed E-state index contributed by atoms with van der Waals surface area (Å²) in [6, 6.07) is 10.8. The van der Waals surface area contributed by atoms with Crippen molar-refractivity contribution >= 4 is 9.84 Å². The summed E-state index contributed by atoms with van der Waals surface area (Å²) in [6.45, 7) is 3.37. The molecule has 3 heterocycles. The molecule has 4 rings (SSSR count). The Balaban J connectivity index is 1.80. The van der Waals surface area contributed by atoms with Crippen LogP contribution in [0.2, 0.25) is 0 Å². The van der Waals surface area contributed by atoms with Crippen molar-refractivity contribution in [1.29, 1.82) is 0 Å². The van der Waals surface area contributed by atoms with Gasteiger partial charge >= 0.3 is 0 Å². The summed E-state index contributed by atoms with van der Waals surface area (Å²) in [5, 5.41) is 7.45. The molecule has 0 saturated carbocycles. The fourth-order valence-corrected chi connectivity index (χ4v) is 5.28. The number of nitrogens with zero attached hydrogens (tertiary/aromatic N) is 6. The number of ether oxygens (including phenoxy) is 2. The summed E-state index contributed by atoms with van der Waals surface area (Å²) in [7, 11) is -1.01. The van der Waals surface area contributed by atoms with Crippen molar-refractivity contribution in [2.45, 2.75) is 31.0 Å². The molecule has 0 bridgehead atoms. The molecule has 0 N–H and O–H groups in total. The monoisotopic (exact) mass is 512 g/mol. The quantitative estimate of drug-likeness (QED) is 0.332. The number of hydrogen-bond acceptors (Lipinski definition) is 9. The Hall–Kier alpha value is -3.77. The molecule has 2 atom stereocenters. The number of pyridine rings is 1. The van der Waals surface area contributed by atoms with Gasteiger partial charge in [0.05, 0.1) is 30.4 Å². The van der Waals surface area contributed by atoms with Crippen molar-refractivity contribution in [3.63, 3.8) is 0 Å². The van der Waals surface area contributed by atoms with Gasteiger partial charge in [-0.25, -0.2) is 22.8 Å². The van der Waals surface area contributed by atoms with Crippen LogP contribution in [0.1, 0.15) is 30.2 Å². The summed E-state index contributed by atoms with van der Waals surface area (Å²) in [4.78, 5) is 12.2. The van der Waals surface area contributed by atoms with E-state index < -0.39 is 32.8 Å². The zero-order valence-corrected chi connectivity index (χ0v) is 21.0. The number of hydrogen-bond donors (Lipinski definition) is 0. The van der Waals surface area contributed by atoms with E-state index in [1.807, 2.05) is 19.1 Å². The predicted octanol–water partition coefficient (Wildman–Crippen LogP) is 3.27. The fraction of sp³-hybridized carbons (Fsp3) is 0.292. The Morgan fingerprint density at radius 1 is 1.03 bits per heavy atom. The highest BCUT2D eigenvalue weighted by molar-refractivity contribution is 7.91. The Morgan fingerprint density at radius 2 is 1.78 bits per heavy atom. The number of benzene rings is 1. The molecule has 12 heteroatoms. The second kappa shape index (κ2) is 10.5. The number of para-hydroxylation sites is 1. The zero-order chi connectivity index (χ0) is 25.9. The second-order valence-corrected chi connectivity index (χ2v) is 10.4. The molecule has 0 saturated heterocycles. The van der Waals surface area contributed by atoms with Crippen molar-refractivity contribution in [2.75, 3.05) is 14.2 Å². The van der Waals surface area contributed by atoms with E-state index in [0.717, 1.165) is 18.0 Å². The largest absolute Gasteiger partial charge is 0.495 e. The van der Waals surface area contributed by atoms with Crippen LogP contribution in [0.4, 0.5) is 4.39 Å². The highest BCUT2D eigenvalue weighted by Crippen LogP contribution is 2.33. The maximum absolute atomic E-state index is 13.6. The van der Waals surface area contributed by atoms with Crippen LogP contribution in [0.5, 0.6) is 5.75 Å². The molecular formula is C24H25FN6O4S. The van der Waals surface area contributed by atoms with Crippen LogP contribution in [0.3, 0.4) is 0 Å². The van der Waals surface area contributed by atoms with Crippen LogP contribution in [-0.4, -0.2) is 57.6 Å². The number of halogens is 1. The van der Waals surface area contributed by atoms with E-state index in [0.29, 0.717) is 23.0 Å². The molecule has 0 aliphatic rings. The highest BCUT2D eigenvalue weighted by atomic mass is 32.2. The molecule has 0 radical (unpaired) electrons. The maximum atomic E-state index is 13.6. The van der Waals surface area contributed by atoms with Crippen LogP contribution < -0.4 is 4.74 Å². The molecule has 0 unspecified atom stereocenters. The van der Waals surface area contributed by atoms with Gasteiger partial charge in [-0.3, -0.25) is 9.55 Å². The van der Waals surface area contributed by atoms with E-state index in [1.54, 1.807) is 35.0 Å². The molecule has 4 aromatic rings. The first-order valence-electron chi connectivity index (χ1n) is 11.0. The van der Waals surface area contributed by atoms with Gasteiger partial charge < -0.3 is 9.47 Å². The Bertz CT molecular complexity index is 1450. The van der Waals surface area contributed by atoms with Crippen molar-refractivity contribution < 1.29 is 22.3 Å². The van der Waals surface area contributed by atoms with Gasteiger partial charge in [-0.15, -0.1) is 10.2 Å². The summed E-state index contributed by atoms with van der Waals surface area (Å²) in [5.74, 6) is 0.0222. The molecule has 10 nitrogen and oxygen atoms in total. The minimum absolute atomic E-state index is 0.0613. The molecule has 0 aliphatic heterocycles. The van der Waals surface area contributed by atoms with Crippen LogP contribution in [-0.2, 0) is 20.3 Å². The van der Waals surface area contributed by atoms with Gasteiger partial charge in [-0.05, 0) is 37.6 Å². The molecule has 0 amide bonds. The number of rotatable bonds is 9. The third-order valence-corrected chi connectivity index (χ3v) is 7.78. The van der Waals surface area contributed by atoms with E-state index in [9.17, 15) is 12.8 Å². The third-order valence-electron chi connectivity index (χ3n) is 5.74. The number of aromatic nitrogens is 6. The molecule has 188 valence electrons. The van der Waals surface area contributed by atoms with Crippen LogP contribution in [0.25, 0.3) is 17.2 Å². The van der Waals surface area contributed by atoms with E-state index in [2.05, 4.69) is 25.1 Å². The van der Waals surface area contributed by atoms with E-state index in [1.165, 1.54) is 21.1 Å². The van der Waals surface area contributed by atoms with E-state index in [-0.39, 0.29) is 11.6 Å². The van der Waals surface area contributed by atoms with Crippen LogP contribution in [0.15, 0.2) is 55.0 Å². The molecule has 0 spiro atoms. The average Bonchev–Trinajstić information content (AvgIpc) is 3.28. The average molecular weight is 513 g/mol. The smallest absolute Gasteiger partial charge is 0.187 e. The van der Waals surface area contributed by atoms with Crippen molar-refractivity contribution in [3.8, 4) is 23.0 Å². The molecule has 1 aromatic carbocycles. The van der Waals surface area contributed by atoms with Crippen molar-refractivity contribution in [2.24, 2.45) is 0 Å². The lowest BCUT2D eigenvalue weighted by molar-refractivity contribution is 0.0946. The van der Waals surface area contributed by atoms with Gasteiger partial charge in [0.1, 0.15) is 23.3 Å². The summed E-state index contributed by atoms with van der Waals surface area (Å²) < 4.78 is 53.1.